The Bertz CT molecular complexity index is 2200. The van der Waals surface area contributed by atoms with Gasteiger partial charge in [-0.15, -0.1) is 0 Å². The van der Waals surface area contributed by atoms with E-state index in [9.17, 15) is 5.11 Å². The number of fused-ring (bicyclic) bond motifs is 3. The van der Waals surface area contributed by atoms with Gasteiger partial charge in [0.2, 0.25) is 0 Å². The first-order valence-electron chi connectivity index (χ1n) is 19.1. The van der Waals surface area contributed by atoms with Crippen LogP contribution in [-0.2, 0) is 43.5 Å². The first-order chi connectivity index (χ1) is 26.9. The Balaban J connectivity index is 1.03. The van der Waals surface area contributed by atoms with Gasteiger partial charge in [0.25, 0.3) is 0 Å². The quantitative estimate of drug-likeness (QED) is 0.115. The van der Waals surface area contributed by atoms with Crippen LogP contribution in [0, 0.1) is 0 Å². The maximum atomic E-state index is 11.8. The molecule has 6 aromatic rings. The third kappa shape index (κ3) is 7.89. The molecule has 0 aromatic heterocycles. The van der Waals surface area contributed by atoms with Crippen LogP contribution in [0.25, 0.3) is 32.3 Å². The van der Waals surface area contributed by atoms with Gasteiger partial charge in [0.15, 0.2) is 6.29 Å². The molecule has 1 saturated heterocycles. The van der Waals surface area contributed by atoms with E-state index in [4.69, 9.17) is 46.6 Å². The highest BCUT2D eigenvalue weighted by molar-refractivity contribution is 5.87. The Kier molecular flexibility index (Phi) is 11.5. The lowest BCUT2D eigenvalue weighted by Crippen LogP contribution is -2.68. The fourth-order valence-electron chi connectivity index (χ4n) is 8.29. The predicted molar refractivity (Wildman–Crippen MR) is 215 cm³/mol. The van der Waals surface area contributed by atoms with Crippen molar-refractivity contribution < 1.29 is 28.8 Å². The van der Waals surface area contributed by atoms with Gasteiger partial charge in [-0.3, -0.25) is 0 Å². The Morgan fingerprint density at radius 1 is 0.527 bits per heavy atom. The topological polar surface area (TPSA) is 170 Å². The van der Waals surface area contributed by atoms with Crippen LogP contribution in [0.15, 0.2) is 127 Å². The van der Waals surface area contributed by atoms with Gasteiger partial charge in [0.05, 0.1) is 25.9 Å². The maximum Gasteiger partial charge on any atom is 0.176 e. The molecular formula is C45H50N4O6. The van der Waals surface area contributed by atoms with E-state index in [2.05, 4.69) is 60.7 Å². The predicted octanol–water partition coefficient (Wildman–Crippen LogP) is 5.02. The molecule has 2 fully saturated rings. The van der Waals surface area contributed by atoms with Crippen molar-refractivity contribution in [2.24, 2.45) is 22.9 Å². The zero-order valence-electron chi connectivity index (χ0n) is 30.7. The lowest BCUT2D eigenvalue weighted by atomic mass is 9.84. The van der Waals surface area contributed by atoms with Crippen molar-refractivity contribution in [3.63, 3.8) is 0 Å². The van der Waals surface area contributed by atoms with Crippen molar-refractivity contribution in [2.45, 2.75) is 87.3 Å². The van der Waals surface area contributed by atoms with Crippen LogP contribution in [-0.4, -0.2) is 72.7 Å². The molecule has 286 valence electrons. The van der Waals surface area contributed by atoms with Crippen molar-refractivity contribution in [1.82, 2.24) is 0 Å². The molecule has 1 heterocycles. The standard InChI is InChI=1S/C45H50N4O6/c46-23-38-43(52-25-31-17-8-14-28-11-2-5-20-34(28)31)44(53-26-32-18-9-15-29-12-3-6-21-35(29)32)39(49)45(54-38)55-42-37(48)22-36(47)41(40(42)50)51-24-30-16-7-13-27-10-1-4-19-33(27)30/h1-21,36-45,50H,22-26,46-49H2/t36-,37+,38-,39-,40-,41+,42-,43-,44-,45-/m1/s1. The molecule has 6 aromatic carbocycles. The maximum absolute atomic E-state index is 11.8. The summed E-state index contributed by atoms with van der Waals surface area (Å²) in [5, 5.41) is 18.4. The Morgan fingerprint density at radius 3 is 1.44 bits per heavy atom. The summed E-state index contributed by atoms with van der Waals surface area (Å²) in [5.41, 5.74) is 29.7. The number of aliphatic hydroxyl groups excluding tert-OH is 1. The van der Waals surface area contributed by atoms with Crippen molar-refractivity contribution in [1.29, 1.82) is 0 Å². The second kappa shape index (κ2) is 16.8. The molecule has 0 radical (unpaired) electrons. The number of hydrogen-bond acceptors (Lipinski definition) is 10. The van der Waals surface area contributed by atoms with Gasteiger partial charge in [0.1, 0.15) is 36.6 Å². The average molecular weight is 743 g/mol. The molecule has 1 aliphatic carbocycles. The molecule has 2 aliphatic rings. The highest BCUT2D eigenvalue weighted by Crippen LogP contribution is 2.33. The van der Waals surface area contributed by atoms with Crippen molar-refractivity contribution in [2.75, 3.05) is 6.54 Å². The van der Waals surface area contributed by atoms with Crippen LogP contribution in [0.2, 0.25) is 0 Å². The fraction of sp³-hybridized carbons (Fsp3) is 0.333. The van der Waals surface area contributed by atoms with E-state index in [1.807, 2.05) is 66.7 Å². The molecule has 10 nitrogen and oxygen atoms in total. The zero-order chi connectivity index (χ0) is 37.9. The lowest BCUT2D eigenvalue weighted by molar-refractivity contribution is -0.302. The number of aliphatic hydroxyl groups is 1. The molecule has 0 spiro atoms. The van der Waals surface area contributed by atoms with Gasteiger partial charge < -0.3 is 51.7 Å². The van der Waals surface area contributed by atoms with Crippen LogP contribution in [0.4, 0.5) is 0 Å². The Labute approximate surface area is 321 Å². The zero-order valence-corrected chi connectivity index (χ0v) is 30.7. The Morgan fingerprint density at radius 2 is 0.945 bits per heavy atom. The van der Waals surface area contributed by atoms with E-state index in [1.165, 1.54) is 0 Å². The smallest absolute Gasteiger partial charge is 0.176 e. The van der Waals surface area contributed by atoms with Crippen molar-refractivity contribution in [3.05, 3.63) is 144 Å². The lowest BCUT2D eigenvalue weighted by Gasteiger charge is -2.48. The van der Waals surface area contributed by atoms with Gasteiger partial charge in [-0.1, -0.05) is 127 Å². The Hall–Kier alpha value is -4.30. The summed E-state index contributed by atoms with van der Waals surface area (Å²) < 4.78 is 32.9. The van der Waals surface area contributed by atoms with Gasteiger partial charge >= 0.3 is 0 Å². The van der Waals surface area contributed by atoms with E-state index >= 15 is 0 Å². The molecule has 0 amide bonds. The molecule has 0 unspecified atom stereocenters. The number of rotatable bonds is 12. The first-order valence-corrected chi connectivity index (χ1v) is 19.1. The van der Waals surface area contributed by atoms with Crippen LogP contribution < -0.4 is 22.9 Å². The van der Waals surface area contributed by atoms with E-state index < -0.39 is 61.0 Å². The van der Waals surface area contributed by atoms with Gasteiger partial charge in [-0.05, 0) is 55.4 Å². The summed E-state index contributed by atoms with van der Waals surface area (Å²) in [6.45, 7) is 0.926. The van der Waals surface area contributed by atoms with Gasteiger partial charge in [0, 0.05) is 18.6 Å². The summed E-state index contributed by atoms with van der Waals surface area (Å²) in [5.74, 6) is 0. The second-order valence-corrected chi connectivity index (χ2v) is 14.8. The molecular weight excluding hydrogens is 693 g/mol. The summed E-state index contributed by atoms with van der Waals surface area (Å²) in [4.78, 5) is 0. The highest BCUT2D eigenvalue weighted by Gasteiger charge is 2.50. The van der Waals surface area contributed by atoms with E-state index in [0.29, 0.717) is 6.42 Å². The molecule has 0 bridgehead atoms. The van der Waals surface area contributed by atoms with Crippen LogP contribution in [0.1, 0.15) is 23.1 Å². The second-order valence-electron chi connectivity index (χ2n) is 14.8. The van der Waals surface area contributed by atoms with Gasteiger partial charge in [-0.25, -0.2) is 0 Å². The van der Waals surface area contributed by atoms with Crippen molar-refractivity contribution >= 4 is 32.3 Å². The van der Waals surface area contributed by atoms with Gasteiger partial charge in [-0.2, -0.15) is 0 Å². The van der Waals surface area contributed by atoms with Crippen LogP contribution in [0.5, 0.6) is 0 Å². The largest absolute Gasteiger partial charge is 0.388 e. The molecule has 1 saturated carbocycles. The molecule has 10 heteroatoms. The SMILES string of the molecule is NC[C@H]1O[C@H](O[C@H]2[C@H](O)[C@@H](OCc3cccc4ccccc34)[C@H](N)C[C@@H]2N)[C@H](N)[C@@H](OCc2cccc3ccccc23)[C@@H]1OCc1cccc2ccccc12. The molecule has 9 N–H and O–H groups in total. The minimum atomic E-state index is -1.16. The first kappa shape index (κ1) is 37.6. The third-order valence-corrected chi connectivity index (χ3v) is 11.2. The number of ether oxygens (including phenoxy) is 5. The average Bonchev–Trinajstić information content (AvgIpc) is 3.21. The highest BCUT2D eigenvalue weighted by atomic mass is 16.7. The minimum absolute atomic E-state index is 0.113. The summed E-state index contributed by atoms with van der Waals surface area (Å²) in [6.07, 6.45) is -5.43. The van der Waals surface area contributed by atoms with Crippen LogP contribution >= 0.6 is 0 Å². The molecule has 1 aliphatic heterocycles. The van der Waals surface area contributed by atoms with Crippen molar-refractivity contribution in [3.8, 4) is 0 Å². The normalized spacial score (nSPS) is 28.5. The summed E-state index contributed by atoms with van der Waals surface area (Å²) in [6, 6.07) is 40.9. The summed E-state index contributed by atoms with van der Waals surface area (Å²) >= 11 is 0. The van der Waals surface area contributed by atoms with E-state index in [-0.39, 0.29) is 26.4 Å². The summed E-state index contributed by atoms with van der Waals surface area (Å²) in [7, 11) is 0. The van der Waals surface area contributed by atoms with E-state index in [0.717, 1.165) is 49.0 Å². The minimum Gasteiger partial charge on any atom is -0.388 e. The number of hydrogen-bond donors (Lipinski definition) is 5. The molecule has 8 rings (SSSR count). The monoisotopic (exact) mass is 742 g/mol. The third-order valence-electron chi connectivity index (χ3n) is 11.2. The molecule has 10 atom stereocenters. The van der Waals surface area contributed by atoms with E-state index in [1.54, 1.807) is 0 Å². The number of nitrogens with two attached hydrogens (primary N) is 4. The fourth-order valence-corrected chi connectivity index (χ4v) is 8.29. The molecule has 55 heavy (non-hydrogen) atoms. The number of benzene rings is 6. The van der Waals surface area contributed by atoms with Crippen LogP contribution in [0.3, 0.4) is 0 Å².